The van der Waals surface area contributed by atoms with Crippen LogP contribution < -0.4 is 5.32 Å². The van der Waals surface area contributed by atoms with Crippen molar-refractivity contribution >= 4 is 11.6 Å². The van der Waals surface area contributed by atoms with E-state index in [1.54, 1.807) is 12.1 Å². The number of aromatic nitrogens is 1. The first kappa shape index (κ1) is 9.26. The third-order valence-electron chi connectivity index (χ3n) is 1.82. The van der Waals surface area contributed by atoms with Gasteiger partial charge in [0.2, 0.25) is 0 Å². The van der Waals surface area contributed by atoms with Crippen LogP contribution in [-0.2, 0) is 0 Å². The van der Waals surface area contributed by atoms with Gasteiger partial charge in [-0.2, -0.15) is 0 Å². The SMILES string of the molecule is O=C(Nc1ccc(O)cc1)c1cnoc1. The molecule has 0 aliphatic rings. The molecule has 0 fully saturated rings. The van der Waals surface area contributed by atoms with Crippen LogP contribution in [0.4, 0.5) is 5.69 Å². The summed E-state index contributed by atoms with van der Waals surface area (Å²) in [4.78, 5) is 11.5. The number of phenolic OH excluding ortho intramolecular Hbond substituents is 1. The Morgan fingerprint density at radius 2 is 2.07 bits per heavy atom. The molecule has 1 amide bonds. The van der Waals surface area contributed by atoms with Gasteiger partial charge < -0.3 is 14.9 Å². The van der Waals surface area contributed by atoms with E-state index in [9.17, 15) is 4.79 Å². The molecule has 76 valence electrons. The summed E-state index contributed by atoms with van der Waals surface area (Å²) < 4.78 is 4.54. The molecular formula is C10H8N2O3. The van der Waals surface area contributed by atoms with Crippen LogP contribution in [-0.4, -0.2) is 16.2 Å². The van der Waals surface area contributed by atoms with Gasteiger partial charge in [-0.15, -0.1) is 0 Å². The Labute approximate surface area is 85.3 Å². The lowest BCUT2D eigenvalue weighted by molar-refractivity contribution is 0.102. The summed E-state index contributed by atoms with van der Waals surface area (Å²) in [7, 11) is 0. The minimum atomic E-state index is -0.304. The van der Waals surface area contributed by atoms with E-state index in [1.807, 2.05) is 0 Å². The van der Waals surface area contributed by atoms with Crippen LogP contribution in [0, 0.1) is 0 Å². The number of benzene rings is 1. The Balaban J connectivity index is 2.09. The number of rotatable bonds is 2. The third-order valence-corrected chi connectivity index (χ3v) is 1.82. The Morgan fingerprint density at radius 3 is 2.67 bits per heavy atom. The van der Waals surface area contributed by atoms with Crippen molar-refractivity contribution in [3.8, 4) is 5.75 Å². The molecule has 0 aliphatic heterocycles. The van der Waals surface area contributed by atoms with Crippen LogP contribution in [0.1, 0.15) is 10.4 Å². The van der Waals surface area contributed by atoms with Crippen LogP contribution in [0.5, 0.6) is 5.75 Å². The molecule has 2 aromatic rings. The fourth-order valence-electron chi connectivity index (χ4n) is 1.07. The van der Waals surface area contributed by atoms with Crippen molar-refractivity contribution in [1.29, 1.82) is 0 Å². The predicted octanol–water partition coefficient (Wildman–Crippen LogP) is 1.63. The first-order valence-corrected chi connectivity index (χ1v) is 4.25. The fraction of sp³-hybridized carbons (Fsp3) is 0. The number of carbonyl (C=O) groups is 1. The molecule has 1 aromatic carbocycles. The molecule has 2 N–H and O–H groups in total. The lowest BCUT2D eigenvalue weighted by Crippen LogP contribution is -2.10. The number of hydrogen-bond acceptors (Lipinski definition) is 4. The zero-order chi connectivity index (χ0) is 10.7. The van der Waals surface area contributed by atoms with Gasteiger partial charge in [-0.05, 0) is 24.3 Å². The molecule has 2 rings (SSSR count). The van der Waals surface area contributed by atoms with E-state index >= 15 is 0 Å². The number of amides is 1. The molecular weight excluding hydrogens is 196 g/mol. The number of nitrogens with zero attached hydrogens (tertiary/aromatic N) is 1. The monoisotopic (exact) mass is 204 g/mol. The van der Waals surface area contributed by atoms with Gasteiger partial charge in [0.05, 0.1) is 11.8 Å². The first-order valence-electron chi connectivity index (χ1n) is 4.25. The topological polar surface area (TPSA) is 75.4 Å². The molecule has 0 bridgehead atoms. The van der Waals surface area contributed by atoms with Crippen LogP contribution in [0.2, 0.25) is 0 Å². The van der Waals surface area contributed by atoms with E-state index < -0.39 is 0 Å². The lowest BCUT2D eigenvalue weighted by Gasteiger charge is -2.02. The molecule has 15 heavy (non-hydrogen) atoms. The van der Waals surface area contributed by atoms with Crippen molar-refractivity contribution in [2.75, 3.05) is 5.32 Å². The van der Waals surface area contributed by atoms with Crippen LogP contribution in [0.3, 0.4) is 0 Å². The highest BCUT2D eigenvalue weighted by Gasteiger charge is 2.07. The Hall–Kier alpha value is -2.30. The van der Waals surface area contributed by atoms with Crippen LogP contribution >= 0.6 is 0 Å². The van der Waals surface area contributed by atoms with Crippen molar-refractivity contribution < 1.29 is 14.4 Å². The highest BCUT2D eigenvalue weighted by molar-refractivity contribution is 6.03. The Kier molecular flexibility index (Phi) is 2.37. The smallest absolute Gasteiger partial charge is 0.260 e. The molecule has 1 aromatic heterocycles. The summed E-state index contributed by atoms with van der Waals surface area (Å²) in [6.45, 7) is 0. The Bertz CT molecular complexity index is 448. The van der Waals surface area contributed by atoms with E-state index in [0.717, 1.165) is 0 Å². The normalized spacial score (nSPS) is 9.87. The average Bonchev–Trinajstić information content (AvgIpc) is 2.74. The van der Waals surface area contributed by atoms with Gasteiger partial charge in [0.1, 0.15) is 12.0 Å². The maximum atomic E-state index is 11.5. The van der Waals surface area contributed by atoms with Crippen LogP contribution in [0.25, 0.3) is 0 Å². The number of aromatic hydroxyl groups is 1. The maximum absolute atomic E-state index is 11.5. The van der Waals surface area contributed by atoms with Gasteiger partial charge in [0, 0.05) is 5.69 Å². The van der Waals surface area contributed by atoms with E-state index in [0.29, 0.717) is 11.3 Å². The van der Waals surface area contributed by atoms with Gasteiger partial charge in [-0.1, -0.05) is 5.16 Å². The van der Waals surface area contributed by atoms with Gasteiger partial charge in [-0.25, -0.2) is 0 Å². The number of anilines is 1. The molecule has 0 aliphatic carbocycles. The average molecular weight is 204 g/mol. The summed E-state index contributed by atoms with van der Waals surface area (Å²) in [6, 6.07) is 6.17. The molecule has 0 radical (unpaired) electrons. The minimum Gasteiger partial charge on any atom is -0.508 e. The quantitative estimate of drug-likeness (QED) is 0.729. The zero-order valence-corrected chi connectivity index (χ0v) is 7.68. The van der Waals surface area contributed by atoms with E-state index in [2.05, 4.69) is 15.0 Å². The molecule has 0 spiro atoms. The number of nitrogens with one attached hydrogen (secondary N) is 1. The summed E-state index contributed by atoms with van der Waals surface area (Å²) in [5.74, 6) is -0.153. The van der Waals surface area contributed by atoms with Crippen LogP contribution in [0.15, 0.2) is 41.2 Å². The predicted molar refractivity (Wildman–Crippen MR) is 52.6 cm³/mol. The largest absolute Gasteiger partial charge is 0.508 e. The molecule has 5 nitrogen and oxygen atoms in total. The second-order valence-electron chi connectivity index (χ2n) is 2.91. The zero-order valence-electron chi connectivity index (χ0n) is 7.68. The summed E-state index contributed by atoms with van der Waals surface area (Å²) >= 11 is 0. The highest BCUT2D eigenvalue weighted by atomic mass is 16.5. The number of carbonyl (C=O) groups excluding carboxylic acids is 1. The number of phenols is 1. The van der Waals surface area contributed by atoms with E-state index in [-0.39, 0.29) is 11.7 Å². The minimum absolute atomic E-state index is 0.151. The number of hydrogen-bond donors (Lipinski definition) is 2. The standard InChI is InChI=1S/C10H8N2O3/c13-9-3-1-8(2-4-9)12-10(14)7-5-11-15-6-7/h1-6,13H,(H,12,14). The van der Waals surface area contributed by atoms with Gasteiger partial charge in [0.15, 0.2) is 0 Å². The van der Waals surface area contributed by atoms with E-state index in [4.69, 9.17) is 5.11 Å². The van der Waals surface area contributed by atoms with Crippen molar-refractivity contribution in [1.82, 2.24) is 5.16 Å². The summed E-state index contributed by atoms with van der Waals surface area (Å²) in [5.41, 5.74) is 0.946. The summed E-state index contributed by atoms with van der Waals surface area (Å²) in [6.07, 6.45) is 2.59. The van der Waals surface area contributed by atoms with E-state index in [1.165, 1.54) is 24.6 Å². The van der Waals surface area contributed by atoms with Crippen molar-refractivity contribution in [3.05, 3.63) is 42.3 Å². The third kappa shape index (κ3) is 2.14. The second-order valence-corrected chi connectivity index (χ2v) is 2.91. The highest BCUT2D eigenvalue weighted by Crippen LogP contribution is 2.14. The maximum Gasteiger partial charge on any atom is 0.260 e. The lowest BCUT2D eigenvalue weighted by atomic mass is 10.3. The van der Waals surface area contributed by atoms with Crippen molar-refractivity contribution in [3.63, 3.8) is 0 Å². The molecule has 5 heteroatoms. The second kappa shape index (κ2) is 3.83. The first-order chi connectivity index (χ1) is 7.25. The molecule has 0 saturated carbocycles. The summed E-state index contributed by atoms with van der Waals surface area (Å²) in [5, 5.41) is 15.1. The van der Waals surface area contributed by atoms with Gasteiger partial charge in [0.25, 0.3) is 5.91 Å². The van der Waals surface area contributed by atoms with Crippen molar-refractivity contribution in [2.24, 2.45) is 0 Å². The Morgan fingerprint density at radius 1 is 1.33 bits per heavy atom. The van der Waals surface area contributed by atoms with Gasteiger partial charge in [-0.3, -0.25) is 4.79 Å². The van der Waals surface area contributed by atoms with Crippen molar-refractivity contribution in [2.45, 2.75) is 0 Å². The molecule has 0 unspecified atom stereocenters. The molecule has 0 atom stereocenters. The molecule has 0 saturated heterocycles. The molecule has 1 heterocycles. The fourth-order valence-corrected chi connectivity index (χ4v) is 1.07. The van der Waals surface area contributed by atoms with Gasteiger partial charge >= 0.3 is 0 Å².